The quantitative estimate of drug-likeness (QED) is 0.747. The highest BCUT2D eigenvalue weighted by Crippen LogP contribution is 2.17. The highest BCUT2D eigenvalue weighted by atomic mass is 16.5. The van der Waals surface area contributed by atoms with Gasteiger partial charge in [-0.05, 0) is 37.5 Å². The van der Waals surface area contributed by atoms with Gasteiger partial charge in [-0.15, -0.1) is 0 Å². The topological polar surface area (TPSA) is 59.0 Å². The minimum absolute atomic E-state index is 0.0298. The van der Waals surface area contributed by atoms with Crippen LogP contribution in [-0.4, -0.2) is 6.61 Å². The van der Waals surface area contributed by atoms with Gasteiger partial charge >= 0.3 is 0 Å². The van der Waals surface area contributed by atoms with E-state index >= 15 is 0 Å². The molecule has 1 rings (SSSR count). The van der Waals surface area contributed by atoms with E-state index in [1.54, 1.807) is 0 Å². The maximum atomic E-state index is 8.38. The van der Waals surface area contributed by atoms with Crippen molar-refractivity contribution in [1.29, 1.82) is 5.26 Å². The highest BCUT2D eigenvalue weighted by Gasteiger charge is 2.00. The zero-order valence-electron chi connectivity index (χ0n) is 9.65. The fraction of sp³-hybridized carbons (Fsp3) is 0.462. The fourth-order valence-corrected chi connectivity index (χ4v) is 1.38. The summed E-state index contributed by atoms with van der Waals surface area (Å²) in [7, 11) is 0. The smallest absolute Gasteiger partial charge is 0.119 e. The first-order chi connectivity index (χ1) is 7.74. The molecule has 86 valence electrons. The standard InChI is InChI=1S/C13H18N2O/c1-11(15)12-6-5-7-13(10-12)16-9-4-2-3-8-14/h5-7,10-11H,2-4,9,15H2,1H3. The summed E-state index contributed by atoms with van der Waals surface area (Å²) in [6.07, 6.45) is 2.41. The minimum atomic E-state index is 0.0298. The Bertz CT molecular complexity index is 355. The van der Waals surface area contributed by atoms with E-state index in [0.717, 1.165) is 24.2 Å². The van der Waals surface area contributed by atoms with Crippen LogP contribution in [0.5, 0.6) is 5.75 Å². The summed E-state index contributed by atoms with van der Waals surface area (Å²) in [6.45, 7) is 2.61. The summed E-state index contributed by atoms with van der Waals surface area (Å²) >= 11 is 0. The van der Waals surface area contributed by atoms with E-state index in [9.17, 15) is 0 Å². The van der Waals surface area contributed by atoms with Crippen molar-refractivity contribution < 1.29 is 4.74 Å². The summed E-state index contributed by atoms with van der Waals surface area (Å²) in [4.78, 5) is 0. The number of benzene rings is 1. The summed E-state index contributed by atoms with van der Waals surface area (Å²) in [5.41, 5.74) is 6.86. The maximum absolute atomic E-state index is 8.38. The molecular formula is C13H18N2O. The molecule has 0 fully saturated rings. The minimum Gasteiger partial charge on any atom is -0.494 e. The van der Waals surface area contributed by atoms with Gasteiger partial charge in [0, 0.05) is 12.5 Å². The van der Waals surface area contributed by atoms with Crippen molar-refractivity contribution >= 4 is 0 Å². The maximum Gasteiger partial charge on any atom is 0.119 e. The molecule has 0 aliphatic rings. The van der Waals surface area contributed by atoms with Crippen LogP contribution < -0.4 is 10.5 Å². The Balaban J connectivity index is 2.37. The van der Waals surface area contributed by atoms with Crippen molar-refractivity contribution in [1.82, 2.24) is 0 Å². The van der Waals surface area contributed by atoms with E-state index in [2.05, 4.69) is 6.07 Å². The third kappa shape index (κ3) is 4.33. The van der Waals surface area contributed by atoms with Crippen molar-refractivity contribution in [2.24, 2.45) is 5.73 Å². The van der Waals surface area contributed by atoms with Gasteiger partial charge in [0.25, 0.3) is 0 Å². The van der Waals surface area contributed by atoms with E-state index in [4.69, 9.17) is 15.7 Å². The Morgan fingerprint density at radius 2 is 2.25 bits per heavy atom. The first-order valence-electron chi connectivity index (χ1n) is 5.59. The molecule has 0 amide bonds. The average molecular weight is 218 g/mol. The lowest BCUT2D eigenvalue weighted by Gasteiger charge is -2.09. The molecule has 0 bridgehead atoms. The number of ether oxygens (including phenoxy) is 1. The first-order valence-corrected chi connectivity index (χ1v) is 5.59. The third-order valence-electron chi connectivity index (χ3n) is 2.34. The Labute approximate surface area is 96.8 Å². The zero-order chi connectivity index (χ0) is 11.8. The van der Waals surface area contributed by atoms with E-state index in [1.165, 1.54) is 0 Å². The SMILES string of the molecule is CC(N)c1cccc(OCCCCC#N)c1. The molecule has 1 aromatic rings. The van der Waals surface area contributed by atoms with Gasteiger partial charge in [-0.2, -0.15) is 5.26 Å². The average Bonchev–Trinajstić information content (AvgIpc) is 2.29. The molecule has 0 aliphatic carbocycles. The van der Waals surface area contributed by atoms with Gasteiger partial charge in [0.2, 0.25) is 0 Å². The highest BCUT2D eigenvalue weighted by molar-refractivity contribution is 5.30. The molecule has 0 heterocycles. The second-order valence-electron chi connectivity index (χ2n) is 3.82. The molecule has 1 aromatic carbocycles. The summed E-state index contributed by atoms with van der Waals surface area (Å²) in [5.74, 6) is 0.853. The number of rotatable bonds is 6. The lowest BCUT2D eigenvalue weighted by atomic mass is 10.1. The van der Waals surface area contributed by atoms with Gasteiger partial charge in [0.05, 0.1) is 12.7 Å². The molecule has 1 unspecified atom stereocenters. The molecule has 3 heteroatoms. The predicted octanol–water partition coefficient (Wildman–Crippen LogP) is 2.78. The molecule has 2 N–H and O–H groups in total. The lowest BCUT2D eigenvalue weighted by Crippen LogP contribution is -2.05. The largest absolute Gasteiger partial charge is 0.494 e. The van der Waals surface area contributed by atoms with Crippen molar-refractivity contribution in [3.63, 3.8) is 0 Å². The molecule has 0 aromatic heterocycles. The monoisotopic (exact) mass is 218 g/mol. The van der Waals surface area contributed by atoms with E-state index in [1.807, 2.05) is 31.2 Å². The molecular weight excluding hydrogens is 200 g/mol. The van der Waals surface area contributed by atoms with Crippen LogP contribution in [0.3, 0.4) is 0 Å². The summed E-state index contributed by atoms with van der Waals surface area (Å²) in [5, 5.41) is 8.38. The number of hydrogen-bond acceptors (Lipinski definition) is 3. The second kappa shape index (κ2) is 6.86. The Kier molecular flexibility index (Phi) is 5.38. The van der Waals surface area contributed by atoms with Gasteiger partial charge in [0.1, 0.15) is 5.75 Å². The van der Waals surface area contributed by atoms with Crippen LogP contribution in [0.2, 0.25) is 0 Å². The number of nitrogens with zero attached hydrogens (tertiary/aromatic N) is 1. The Morgan fingerprint density at radius 1 is 1.44 bits per heavy atom. The van der Waals surface area contributed by atoms with Crippen LogP contribution in [0.25, 0.3) is 0 Å². The zero-order valence-corrected chi connectivity index (χ0v) is 9.65. The van der Waals surface area contributed by atoms with Crippen molar-refractivity contribution in [3.8, 4) is 11.8 Å². The molecule has 0 spiro atoms. The van der Waals surface area contributed by atoms with Crippen LogP contribution >= 0.6 is 0 Å². The van der Waals surface area contributed by atoms with E-state index in [0.29, 0.717) is 13.0 Å². The van der Waals surface area contributed by atoms with Crippen LogP contribution in [-0.2, 0) is 0 Å². The third-order valence-corrected chi connectivity index (χ3v) is 2.34. The number of hydrogen-bond donors (Lipinski definition) is 1. The number of nitrogens with two attached hydrogens (primary N) is 1. The van der Waals surface area contributed by atoms with Gasteiger partial charge in [-0.1, -0.05) is 12.1 Å². The Morgan fingerprint density at radius 3 is 2.94 bits per heavy atom. The molecule has 0 saturated heterocycles. The molecule has 0 radical (unpaired) electrons. The van der Waals surface area contributed by atoms with Crippen LogP contribution in [0.1, 0.15) is 37.8 Å². The number of unbranched alkanes of at least 4 members (excludes halogenated alkanes) is 2. The summed E-state index contributed by atoms with van der Waals surface area (Å²) < 4.78 is 5.58. The normalized spacial score (nSPS) is 11.8. The van der Waals surface area contributed by atoms with E-state index < -0.39 is 0 Å². The molecule has 3 nitrogen and oxygen atoms in total. The fourth-order valence-electron chi connectivity index (χ4n) is 1.38. The van der Waals surface area contributed by atoms with Crippen molar-refractivity contribution in [2.45, 2.75) is 32.2 Å². The Hall–Kier alpha value is -1.53. The first kappa shape index (κ1) is 12.5. The summed E-state index contributed by atoms with van der Waals surface area (Å²) in [6, 6.07) is 9.98. The van der Waals surface area contributed by atoms with Crippen LogP contribution in [0.15, 0.2) is 24.3 Å². The predicted molar refractivity (Wildman–Crippen MR) is 64.0 cm³/mol. The van der Waals surface area contributed by atoms with Crippen LogP contribution in [0.4, 0.5) is 0 Å². The molecule has 0 saturated carbocycles. The van der Waals surface area contributed by atoms with Gasteiger partial charge < -0.3 is 10.5 Å². The lowest BCUT2D eigenvalue weighted by molar-refractivity contribution is 0.307. The van der Waals surface area contributed by atoms with Crippen molar-refractivity contribution in [2.75, 3.05) is 6.61 Å². The molecule has 1 atom stereocenters. The van der Waals surface area contributed by atoms with Gasteiger partial charge in [-0.25, -0.2) is 0 Å². The van der Waals surface area contributed by atoms with Crippen molar-refractivity contribution in [3.05, 3.63) is 29.8 Å². The molecule has 0 aliphatic heterocycles. The van der Waals surface area contributed by atoms with Gasteiger partial charge in [0.15, 0.2) is 0 Å². The van der Waals surface area contributed by atoms with Crippen LogP contribution in [0, 0.1) is 11.3 Å². The number of nitriles is 1. The van der Waals surface area contributed by atoms with E-state index in [-0.39, 0.29) is 6.04 Å². The molecule has 16 heavy (non-hydrogen) atoms. The van der Waals surface area contributed by atoms with Gasteiger partial charge in [-0.3, -0.25) is 0 Å². The second-order valence-corrected chi connectivity index (χ2v) is 3.82.